The van der Waals surface area contributed by atoms with E-state index in [2.05, 4.69) is 54.9 Å². The number of sulfone groups is 1. The van der Waals surface area contributed by atoms with E-state index in [-0.39, 0.29) is 21.3 Å². The first-order chi connectivity index (χ1) is 19.1. The van der Waals surface area contributed by atoms with Crippen LogP contribution in [0, 0.1) is 0 Å². The van der Waals surface area contributed by atoms with E-state index < -0.39 is 9.84 Å². The van der Waals surface area contributed by atoms with Gasteiger partial charge < -0.3 is 4.90 Å². The summed E-state index contributed by atoms with van der Waals surface area (Å²) < 4.78 is 26.6. The Kier molecular flexibility index (Phi) is 8.31. The molecule has 5 rings (SSSR count). The topological polar surface area (TPSA) is 70.6 Å². The number of aromatic nitrogens is 1. The molecule has 208 valence electrons. The van der Waals surface area contributed by atoms with Gasteiger partial charge in [0.15, 0.2) is 9.84 Å². The van der Waals surface area contributed by atoms with E-state index >= 15 is 0 Å². The Balaban J connectivity index is 1.20. The molecule has 6 nitrogen and oxygen atoms in total. The van der Waals surface area contributed by atoms with Crippen LogP contribution in [0.1, 0.15) is 42.3 Å². The third-order valence-electron chi connectivity index (χ3n) is 6.93. The van der Waals surface area contributed by atoms with E-state index in [1.165, 1.54) is 10.5 Å². The Hall–Kier alpha value is -3.20. The maximum atomic E-state index is 13.2. The van der Waals surface area contributed by atoms with Crippen molar-refractivity contribution in [2.45, 2.75) is 47.6 Å². The van der Waals surface area contributed by atoms with E-state index in [1.807, 2.05) is 28.8 Å². The van der Waals surface area contributed by atoms with Gasteiger partial charge in [-0.1, -0.05) is 69.3 Å². The van der Waals surface area contributed by atoms with E-state index in [9.17, 15) is 13.2 Å². The normalized spacial score (nSPS) is 14.9. The van der Waals surface area contributed by atoms with Gasteiger partial charge in [0.2, 0.25) is 0 Å². The van der Waals surface area contributed by atoms with Crippen molar-refractivity contribution in [3.8, 4) is 0 Å². The van der Waals surface area contributed by atoms with E-state index in [1.54, 1.807) is 48.7 Å². The Bertz CT molecular complexity index is 1600. The summed E-state index contributed by atoms with van der Waals surface area (Å²) in [5.41, 5.74) is 3.02. The van der Waals surface area contributed by atoms with Gasteiger partial charge in [0, 0.05) is 59.5 Å². The molecular formula is C32H35N3O3S2. The van der Waals surface area contributed by atoms with Crippen molar-refractivity contribution in [2.24, 2.45) is 0 Å². The standard InChI is InChI=1S/C32H35N3O3S2/c1-32(2,3)39-28-11-5-4-8-27(28)22-34-18-20-35(21-19-34)31(36)26-15-13-24(14-16-26)23-40(37,38)29-12-6-9-25-10-7-17-33-30(25)29/h4-17H,18-23H2,1-3H3. The lowest BCUT2D eigenvalue weighted by Crippen LogP contribution is -2.48. The third-order valence-corrected chi connectivity index (χ3v) is 9.87. The lowest BCUT2D eigenvalue weighted by Gasteiger charge is -2.35. The fourth-order valence-corrected chi connectivity index (χ4v) is 7.57. The van der Waals surface area contributed by atoms with Gasteiger partial charge in [0.1, 0.15) is 0 Å². The third kappa shape index (κ3) is 6.74. The van der Waals surface area contributed by atoms with Crippen LogP contribution in [-0.4, -0.2) is 60.0 Å². The summed E-state index contributed by atoms with van der Waals surface area (Å²) in [5, 5.41) is 0.789. The van der Waals surface area contributed by atoms with Crippen LogP contribution in [-0.2, 0) is 22.1 Å². The summed E-state index contributed by atoms with van der Waals surface area (Å²) in [7, 11) is -3.60. The molecule has 0 bridgehead atoms. The molecule has 1 aliphatic rings. The van der Waals surface area contributed by atoms with Gasteiger partial charge in [-0.2, -0.15) is 0 Å². The number of nitrogens with zero attached hydrogens (tertiary/aromatic N) is 3. The molecule has 3 aromatic carbocycles. The molecule has 0 saturated carbocycles. The maximum Gasteiger partial charge on any atom is 0.253 e. The van der Waals surface area contributed by atoms with E-state index in [4.69, 9.17) is 0 Å². The monoisotopic (exact) mass is 573 g/mol. The number of fused-ring (bicyclic) bond motifs is 1. The van der Waals surface area contributed by atoms with Gasteiger partial charge in [-0.25, -0.2) is 8.42 Å². The Labute approximate surface area is 241 Å². The highest BCUT2D eigenvalue weighted by molar-refractivity contribution is 8.00. The predicted octanol–water partition coefficient (Wildman–Crippen LogP) is 6.06. The zero-order chi connectivity index (χ0) is 28.3. The lowest BCUT2D eigenvalue weighted by atomic mass is 10.1. The van der Waals surface area contributed by atoms with Gasteiger partial charge in [-0.3, -0.25) is 14.7 Å². The first-order valence-electron chi connectivity index (χ1n) is 13.5. The predicted molar refractivity (Wildman–Crippen MR) is 162 cm³/mol. The van der Waals surface area contributed by atoms with Crippen LogP contribution in [0.3, 0.4) is 0 Å². The Morgan fingerprint density at radius 2 is 1.57 bits per heavy atom. The van der Waals surface area contributed by atoms with Crippen molar-refractivity contribution in [3.63, 3.8) is 0 Å². The van der Waals surface area contributed by atoms with Gasteiger partial charge >= 0.3 is 0 Å². The van der Waals surface area contributed by atoms with Crippen molar-refractivity contribution in [1.82, 2.24) is 14.8 Å². The summed E-state index contributed by atoms with van der Waals surface area (Å²) >= 11 is 1.89. The Morgan fingerprint density at radius 1 is 0.875 bits per heavy atom. The minimum absolute atomic E-state index is 0.0176. The average molecular weight is 574 g/mol. The van der Waals surface area contributed by atoms with Gasteiger partial charge in [-0.15, -0.1) is 11.8 Å². The molecule has 0 unspecified atom stereocenters. The minimum atomic E-state index is -3.60. The molecule has 8 heteroatoms. The van der Waals surface area contributed by atoms with Gasteiger partial charge in [0.25, 0.3) is 5.91 Å². The maximum absolute atomic E-state index is 13.2. The second-order valence-corrected chi connectivity index (χ2v) is 15.0. The fraction of sp³-hybridized carbons (Fsp3) is 0.312. The number of benzene rings is 3. The van der Waals surface area contributed by atoms with Crippen LogP contribution >= 0.6 is 11.8 Å². The summed E-state index contributed by atoms with van der Waals surface area (Å²) in [4.78, 5) is 23.3. The molecule has 1 aliphatic heterocycles. The van der Waals surface area contributed by atoms with Crippen LogP contribution in [0.15, 0.2) is 94.9 Å². The molecule has 1 amide bonds. The first kappa shape index (κ1) is 28.3. The second kappa shape index (κ2) is 11.7. The first-order valence-corrected chi connectivity index (χ1v) is 16.0. The molecule has 2 heterocycles. The smallest absolute Gasteiger partial charge is 0.253 e. The quantitative estimate of drug-likeness (QED) is 0.251. The highest BCUT2D eigenvalue weighted by Gasteiger charge is 2.24. The number of hydrogen-bond donors (Lipinski definition) is 0. The lowest BCUT2D eigenvalue weighted by molar-refractivity contribution is 0.0627. The molecule has 0 N–H and O–H groups in total. The number of para-hydroxylation sites is 1. The van der Waals surface area contributed by atoms with Crippen LogP contribution in [0.4, 0.5) is 0 Å². The van der Waals surface area contributed by atoms with Crippen LogP contribution in [0.2, 0.25) is 0 Å². The zero-order valence-electron chi connectivity index (χ0n) is 23.2. The fourth-order valence-electron chi connectivity index (χ4n) is 4.96. The van der Waals surface area contributed by atoms with E-state index in [0.29, 0.717) is 29.7 Å². The molecular weight excluding hydrogens is 539 g/mol. The van der Waals surface area contributed by atoms with Crippen molar-refractivity contribution in [3.05, 3.63) is 102 Å². The van der Waals surface area contributed by atoms with Gasteiger partial charge in [-0.05, 0) is 41.5 Å². The van der Waals surface area contributed by atoms with Crippen molar-refractivity contribution in [1.29, 1.82) is 0 Å². The number of carbonyl (C=O) groups is 1. The number of amides is 1. The zero-order valence-corrected chi connectivity index (χ0v) is 24.8. The van der Waals surface area contributed by atoms with Crippen molar-refractivity contribution in [2.75, 3.05) is 26.2 Å². The van der Waals surface area contributed by atoms with Gasteiger partial charge in [0.05, 0.1) is 16.2 Å². The Morgan fingerprint density at radius 3 is 2.30 bits per heavy atom. The summed E-state index contributed by atoms with van der Waals surface area (Å²) in [6, 6.07) is 24.4. The number of pyridine rings is 1. The molecule has 0 atom stereocenters. The molecule has 0 spiro atoms. The molecule has 1 aromatic heterocycles. The second-order valence-electron chi connectivity index (χ2n) is 11.2. The average Bonchev–Trinajstić information content (AvgIpc) is 2.93. The number of hydrogen-bond acceptors (Lipinski definition) is 6. The number of carbonyl (C=O) groups excluding carboxylic acids is 1. The van der Waals surface area contributed by atoms with E-state index in [0.717, 1.165) is 25.0 Å². The van der Waals surface area contributed by atoms with Crippen molar-refractivity contribution >= 4 is 38.4 Å². The number of rotatable bonds is 7. The van der Waals surface area contributed by atoms with Crippen LogP contribution < -0.4 is 0 Å². The summed E-state index contributed by atoms with van der Waals surface area (Å²) in [6.07, 6.45) is 1.60. The molecule has 0 radical (unpaired) electrons. The number of thioether (sulfide) groups is 1. The SMILES string of the molecule is CC(C)(C)Sc1ccccc1CN1CCN(C(=O)c2ccc(CS(=O)(=O)c3cccc4cccnc34)cc2)CC1. The summed E-state index contributed by atoms with van der Waals surface area (Å²) in [6.45, 7) is 10.5. The highest BCUT2D eigenvalue weighted by atomic mass is 32.2. The van der Waals surface area contributed by atoms with Crippen LogP contribution in [0.25, 0.3) is 10.9 Å². The molecule has 4 aromatic rings. The molecule has 0 aliphatic carbocycles. The number of piperazine rings is 1. The summed E-state index contributed by atoms with van der Waals surface area (Å²) in [5.74, 6) is -0.166. The highest BCUT2D eigenvalue weighted by Crippen LogP contribution is 2.34. The molecule has 40 heavy (non-hydrogen) atoms. The molecule has 1 fully saturated rings. The van der Waals surface area contributed by atoms with Crippen molar-refractivity contribution < 1.29 is 13.2 Å². The molecule has 1 saturated heterocycles. The largest absolute Gasteiger partial charge is 0.336 e. The minimum Gasteiger partial charge on any atom is -0.336 e. The van der Waals surface area contributed by atoms with Crippen LogP contribution in [0.5, 0.6) is 0 Å².